The van der Waals surface area contributed by atoms with Crippen LogP contribution in [0, 0.1) is 5.82 Å². The van der Waals surface area contributed by atoms with Crippen LogP contribution in [0.1, 0.15) is 21.5 Å². The number of fused-ring (bicyclic) bond motifs is 1. The zero-order valence-electron chi connectivity index (χ0n) is 15.7. The number of aldehydes is 1. The molecule has 0 atom stereocenters. The maximum absolute atomic E-state index is 13.6. The number of halogens is 7. The van der Waals surface area contributed by atoms with Crippen LogP contribution in [0.25, 0.3) is 10.1 Å². The molecule has 4 nitrogen and oxygen atoms in total. The molecule has 1 aromatic heterocycles. The van der Waals surface area contributed by atoms with E-state index < -0.39 is 51.6 Å². The van der Waals surface area contributed by atoms with Crippen LogP contribution in [0.3, 0.4) is 0 Å². The summed E-state index contributed by atoms with van der Waals surface area (Å²) in [5.74, 6) is -3.93. The molecule has 0 saturated heterocycles. The molecule has 0 N–H and O–H groups in total. The van der Waals surface area contributed by atoms with E-state index in [1.54, 1.807) is 6.07 Å². The largest absolute Gasteiger partial charge is 0.419 e. The molecule has 2 aromatic carbocycles. The molecule has 0 amide bonds. The Bertz CT molecular complexity index is 1260. The van der Waals surface area contributed by atoms with Crippen LogP contribution in [-0.4, -0.2) is 26.6 Å². The molecule has 3 aromatic rings. The van der Waals surface area contributed by atoms with Crippen molar-refractivity contribution < 1.29 is 43.9 Å². The quantitative estimate of drug-likeness (QED) is 0.320. The molecule has 0 saturated carbocycles. The highest BCUT2D eigenvalue weighted by atomic mass is 32.2. The summed E-state index contributed by atoms with van der Waals surface area (Å²) in [6.45, 7) is -0.977. The topological polar surface area (TPSA) is 54.5 Å². The Morgan fingerprint density at radius 1 is 1.00 bits per heavy atom. The second-order valence-electron chi connectivity index (χ2n) is 6.62. The van der Waals surface area contributed by atoms with Crippen molar-refractivity contribution in [3.63, 3.8) is 0 Å². The van der Waals surface area contributed by atoms with Crippen molar-refractivity contribution >= 4 is 42.7 Å². The van der Waals surface area contributed by atoms with Gasteiger partial charge in [-0.05, 0) is 23.8 Å². The number of nitrogens with zero attached hydrogens (tertiary/aromatic N) is 1. The van der Waals surface area contributed by atoms with E-state index in [2.05, 4.69) is 0 Å². The second-order valence-corrected chi connectivity index (χ2v) is 9.55. The molecular formula is C19H12F7NO3S2. The Balaban J connectivity index is 2.19. The maximum Gasteiger partial charge on any atom is 0.419 e. The zero-order chi connectivity index (χ0) is 23.9. The van der Waals surface area contributed by atoms with E-state index in [-0.39, 0.29) is 26.5 Å². The molecular weight excluding hydrogens is 487 g/mol. The lowest BCUT2D eigenvalue weighted by molar-refractivity contribution is -0.140. The molecule has 13 heteroatoms. The van der Waals surface area contributed by atoms with E-state index in [1.165, 1.54) is 18.2 Å². The van der Waals surface area contributed by atoms with E-state index in [0.29, 0.717) is 28.2 Å². The minimum absolute atomic E-state index is 0.227. The predicted octanol–water partition coefficient (Wildman–Crippen LogP) is 5.77. The molecule has 0 aliphatic rings. The van der Waals surface area contributed by atoms with Gasteiger partial charge in [-0.2, -0.15) is 26.3 Å². The normalized spacial score (nSPS) is 12.8. The van der Waals surface area contributed by atoms with E-state index in [9.17, 15) is 43.9 Å². The number of carbonyl (C=O) groups excluding carboxylic acids is 1. The Morgan fingerprint density at radius 2 is 1.66 bits per heavy atom. The van der Waals surface area contributed by atoms with Gasteiger partial charge in [0.2, 0.25) is 10.0 Å². The van der Waals surface area contributed by atoms with Crippen LogP contribution < -0.4 is 4.31 Å². The molecule has 0 bridgehead atoms. The smallest absolute Gasteiger partial charge is 0.298 e. The van der Waals surface area contributed by atoms with Gasteiger partial charge < -0.3 is 0 Å². The van der Waals surface area contributed by atoms with Crippen molar-refractivity contribution in [2.45, 2.75) is 18.9 Å². The average molecular weight is 499 g/mol. The lowest BCUT2D eigenvalue weighted by Crippen LogP contribution is -2.37. The molecule has 172 valence electrons. The summed E-state index contributed by atoms with van der Waals surface area (Å²) in [5.41, 5.74) is -2.34. The summed E-state index contributed by atoms with van der Waals surface area (Å²) in [7, 11) is -5.19. The minimum atomic E-state index is -5.19. The zero-order valence-corrected chi connectivity index (χ0v) is 17.3. The fourth-order valence-corrected chi connectivity index (χ4v) is 5.78. The number of thiophene rings is 1. The minimum Gasteiger partial charge on any atom is -0.298 e. The molecule has 1 heterocycles. The van der Waals surface area contributed by atoms with Gasteiger partial charge in [-0.15, -0.1) is 11.3 Å². The monoisotopic (exact) mass is 499 g/mol. The molecule has 0 unspecified atom stereocenters. The number of hydrogen-bond acceptors (Lipinski definition) is 4. The standard InChI is InChI=1S/C19H12F7NO3S2/c20-15-6-5-11(7-14(15)19(24,25)26)8-27(32(29,30)10-18(21,22)23)17-13(9-28)12-3-1-2-4-16(12)31-17/h1-7,9H,8,10H2. The van der Waals surface area contributed by atoms with Crippen LogP contribution in [0.5, 0.6) is 0 Å². The van der Waals surface area contributed by atoms with E-state index in [1.807, 2.05) is 0 Å². The first-order valence-electron chi connectivity index (χ1n) is 8.62. The van der Waals surface area contributed by atoms with Crippen LogP contribution in [0.15, 0.2) is 42.5 Å². The lowest BCUT2D eigenvalue weighted by Gasteiger charge is -2.25. The Labute approximate surface area is 180 Å². The highest BCUT2D eigenvalue weighted by molar-refractivity contribution is 7.93. The van der Waals surface area contributed by atoms with Gasteiger partial charge in [-0.3, -0.25) is 9.10 Å². The maximum atomic E-state index is 13.6. The summed E-state index contributed by atoms with van der Waals surface area (Å²) in [5, 5.41) is -0.117. The van der Waals surface area contributed by atoms with Gasteiger partial charge in [0.05, 0.1) is 17.7 Å². The third-order valence-corrected chi connectivity index (χ3v) is 7.30. The number of anilines is 1. The highest BCUT2D eigenvalue weighted by Gasteiger charge is 2.40. The van der Waals surface area contributed by atoms with Crippen molar-refractivity contribution in [3.8, 4) is 0 Å². The van der Waals surface area contributed by atoms with Crippen molar-refractivity contribution in [3.05, 3.63) is 65.0 Å². The first kappa shape index (κ1) is 24.0. The third-order valence-electron chi connectivity index (χ3n) is 4.30. The Kier molecular flexibility index (Phi) is 6.26. The molecule has 0 spiro atoms. The summed E-state index contributed by atoms with van der Waals surface area (Å²) in [6.07, 6.45) is -10.0. The molecule has 3 rings (SSSR count). The summed E-state index contributed by atoms with van der Waals surface area (Å²) < 4.78 is 117. The van der Waals surface area contributed by atoms with Crippen LogP contribution in [0.2, 0.25) is 0 Å². The van der Waals surface area contributed by atoms with Gasteiger partial charge in [0.15, 0.2) is 12.0 Å². The Morgan fingerprint density at radius 3 is 2.25 bits per heavy atom. The van der Waals surface area contributed by atoms with Crippen molar-refractivity contribution in [1.82, 2.24) is 0 Å². The van der Waals surface area contributed by atoms with E-state index in [4.69, 9.17) is 0 Å². The first-order valence-corrected chi connectivity index (χ1v) is 11.0. The van der Waals surface area contributed by atoms with Gasteiger partial charge in [0.25, 0.3) is 0 Å². The van der Waals surface area contributed by atoms with Crippen molar-refractivity contribution in [2.24, 2.45) is 0 Å². The van der Waals surface area contributed by atoms with Crippen LogP contribution in [-0.2, 0) is 22.7 Å². The number of benzene rings is 2. The number of carbonyl (C=O) groups is 1. The van der Waals surface area contributed by atoms with Gasteiger partial charge in [0.1, 0.15) is 10.8 Å². The number of rotatable bonds is 6. The fourth-order valence-electron chi connectivity index (χ4n) is 2.99. The van der Waals surface area contributed by atoms with Gasteiger partial charge in [-0.1, -0.05) is 24.3 Å². The number of alkyl halides is 6. The molecule has 0 aliphatic heterocycles. The molecule has 0 fully saturated rings. The summed E-state index contributed by atoms with van der Waals surface area (Å²) >= 11 is 0.693. The Hall–Kier alpha value is -2.67. The van der Waals surface area contributed by atoms with Crippen molar-refractivity contribution in [2.75, 3.05) is 10.1 Å². The molecule has 0 radical (unpaired) electrons. The average Bonchev–Trinajstić information content (AvgIpc) is 3.02. The number of hydrogen-bond donors (Lipinski definition) is 0. The van der Waals surface area contributed by atoms with Crippen LogP contribution >= 0.6 is 11.3 Å². The fraction of sp³-hybridized carbons (Fsp3) is 0.211. The summed E-state index contributed by atoms with van der Waals surface area (Å²) in [4.78, 5) is 11.7. The van der Waals surface area contributed by atoms with Crippen LogP contribution in [0.4, 0.5) is 35.7 Å². The van der Waals surface area contributed by atoms with E-state index in [0.717, 1.165) is 6.07 Å². The van der Waals surface area contributed by atoms with Gasteiger partial charge >= 0.3 is 12.4 Å². The molecule has 0 aliphatic carbocycles. The first-order chi connectivity index (χ1) is 14.7. The second kappa shape index (κ2) is 8.35. The third kappa shape index (κ3) is 5.04. The summed E-state index contributed by atoms with van der Waals surface area (Å²) in [6, 6.07) is 7.63. The predicted molar refractivity (Wildman–Crippen MR) is 105 cm³/mol. The lowest BCUT2D eigenvalue weighted by atomic mass is 10.1. The van der Waals surface area contributed by atoms with Gasteiger partial charge in [-0.25, -0.2) is 12.8 Å². The van der Waals surface area contributed by atoms with Gasteiger partial charge in [0, 0.05) is 10.1 Å². The van der Waals surface area contributed by atoms with E-state index >= 15 is 0 Å². The highest BCUT2D eigenvalue weighted by Crippen LogP contribution is 2.40. The SMILES string of the molecule is O=Cc1c(N(Cc2ccc(F)c(C(F)(F)F)c2)S(=O)(=O)CC(F)(F)F)sc2ccccc12. The molecule has 32 heavy (non-hydrogen) atoms. The number of sulfonamides is 1. The van der Waals surface area contributed by atoms with Crippen molar-refractivity contribution in [1.29, 1.82) is 0 Å².